The summed E-state index contributed by atoms with van der Waals surface area (Å²) in [5, 5.41) is 0. The van der Waals surface area contributed by atoms with Gasteiger partial charge in [-0.3, -0.25) is 0 Å². The van der Waals surface area contributed by atoms with Gasteiger partial charge in [-0.15, -0.1) is 0 Å². The minimum atomic E-state index is 0.909. The molecule has 0 aromatic carbocycles. The van der Waals surface area contributed by atoms with Crippen molar-refractivity contribution in [2.24, 2.45) is 0 Å². The summed E-state index contributed by atoms with van der Waals surface area (Å²) >= 11 is 2.16. The molecular weight excluding hydrogens is 163 g/mol. The van der Waals surface area contributed by atoms with E-state index in [-0.39, 0.29) is 0 Å². The van der Waals surface area contributed by atoms with E-state index >= 15 is 0 Å². The molecule has 0 heterocycles. The molecular formula is C8H17OV. The van der Waals surface area contributed by atoms with Gasteiger partial charge in [0.15, 0.2) is 0 Å². The molecule has 0 spiro atoms. The van der Waals surface area contributed by atoms with Gasteiger partial charge in [0.1, 0.15) is 0 Å². The molecule has 0 N–H and O–H groups in total. The molecule has 0 aromatic rings. The molecule has 0 radical (unpaired) electrons. The Labute approximate surface area is 73.9 Å². The fourth-order valence-corrected chi connectivity index (χ4v) is 1.15. The van der Waals surface area contributed by atoms with E-state index in [9.17, 15) is 0 Å². The summed E-state index contributed by atoms with van der Waals surface area (Å²) < 4.78 is 4.89. The van der Waals surface area contributed by atoms with Crippen molar-refractivity contribution < 1.29 is 21.4 Å². The normalized spacial score (nSPS) is 10.1. The summed E-state index contributed by atoms with van der Waals surface area (Å²) in [6.07, 6.45) is 8.06. The molecule has 0 amide bonds. The van der Waals surface area contributed by atoms with Gasteiger partial charge in [0, 0.05) is 0 Å². The first kappa shape index (κ1) is 10.5. The summed E-state index contributed by atoms with van der Waals surface area (Å²) in [6, 6.07) is 0. The molecule has 0 rings (SSSR count). The molecule has 60 valence electrons. The van der Waals surface area contributed by atoms with Crippen LogP contribution in [0.2, 0.25) is 0 Å². The van der Waals surface area contributed by atoms with Crippen molar-refractivity contribution in [1.82, 2.24) is 0 Å². The van der Waals surface area contributed by atoms with E-state index in [0.29, 0.717) is 0 Å². The second kappa shape index (κ2) is 9.54. The first-order valence-electron chi connectivity index (χ1n) is 4.18. The van der Waals surface area contributed by atoms with E-state index in [1.807, 2.05) is 0 Å². The van der Waals surface area contributed by atoms with Crippen LogP contribution in [0.4, 0.5) is 0 Å². The third-order valence-corrected chi connectivity index (χ3v) is 1.87. The van der Waals surface area contributed by atoms with Gasteiger partial charge in [-0.1, -0.05) is 0 Å². The molecule has 0 saturated heterocycles. The number of unbranched alkanes of at least 4 members (excludes halogenated alkanes) is 5. The Kier molecular flexibility index (Phi) is 10.1. The van der Waals surface area contributed by atoms with Gasteiger partial charge in [0.2, 0.25) is 0 Å². The molecule has 1 nitrogen and oxygen atoms in total. The van der Waals surface area contributed by atoms with E-state index in [2.05, 4.69) is 24.7 Å². The summed E-state index contributed by atoms with van der Waals surface area (Å²) in [7, 11) is 0. The summed E-state index contributed by atoms with van der Waals surface area (Å²) in [5.74, 6) is 0. The van der Waals surface area contributed by atoms with Crippen LogP contribution in [-0.2, 0) is 21.4 Å². The third kappa shape index (κ3) is 8.54. The van der Waals surface area contributed by atoms with Crippen molar-refractivity contribution in [3.63, 3.8) is 0 Å². The monoisotopic (exact) mass is 180 g/mol. The number of rotatable bonds is 7. The molecule has 0 fully saturated rings. The Balaban J connectivity index is 2.65. The van der Waals surface area contributed by atoms with Gasteiger partial charge in [0.05, 0.1) is 0 Å². The first-order valence-corrected chi connectivity index (χ1v) is 4.75. The van der Waals surface area contributed by atoms with Crippen LogP contribution < -0.4 is 0 Å². The second-order valence-electron chi connectivity index (χ2n) is 2.60. The zero-order chi connectivity index (χ0) is 7.66. The van der Waals surface area contributed by atoms with Crippen molar-refractivity contribution in [2.45, 2.75) is 45.4 Å². The zero-order valence-corrected chi connectivity index (χ0v) is 8.20. The summed E-state index contributed by atoms with van der Waals surface area (Å²) in [5.41, 5.74) is 0. The minimum absolute atomic E-state index is 0.909. The Morgan fingerprint density at radius 1 is 1.00 bits per heavy atom. The Bertz CT molecular complexity index is 49.2. The van der Waals surface area contributed by atoms with Gasteiger partial charge in [-0.2, -0.15) is 0 Å². The summed E-state index contributed by atoms with van der Waals surface area (Å²) in [4.78, 5) is 0. The topological polar surface area (TPSA) is 9.23 Å². The predicted molar refractivity (Wildman–Crippen MR) is 39.3 cm³/mol. The molecule has 0 aliphatic rings. The average molecular weight is 180 g/mol. The van der Waals surface area contributed by atoms with Gasteiger partial charge < -0.3 is 0 Å². The van der Waals surface area contributed by atoms with Crippen molar-refractivity contribution in [2.75, 3.05) is 6.61 Å². The first-order chi connectivity index (χ1) is 4.91. The fraction of sp³-hybridized carbons (Fsp3) is 1.00. The predicted octanol–water partition coefficient (Wildman–Crippen LogP) is 2.83. The summed E-state index contributed by atoms with van der Waals surface area (Å²) in [6.45, 7) is 3.15. The van der Waals surface area contributed by atoms with Crippen LogP contribution in [0.1, 0.15) is 45.4 Å². The molecule has 0 unspecified atom stereocenters. The van der Waals surface area contributed by atoms with Crippen molar-refractivity contribution >= 4 is 0 Å². The maximum absolute atomic E-state index is 4.89. The van der Waals surface area contributed by atoms with Gasteiger partial charge in [-0.25, -0.2) is 0 Å². The number of hydrogen-bond donors (Lipinski definition) is 0. The Hall–Kier alpha value is 0.544. The van der Waals surface area contributed by atoms with E-state index < -0.39 is 0 Å². The van der Waals surface area contributed by atoms with E-state index in [0.717, 1.165) is 6.61 Å². The van der Waals surface area contributed by atoms with E-state index in [4.69, 9.17) is 3.66 Å². The van der Waals surface area contributed by atoms with Gasteiger partial charge in [-0.05, 0) is 0 Å². The molecule has 0 aromatic heterocycles. The fourth-order valence-electron chi connectivity index (χ4n) is 0.947. The average Bonchev–Trinajstić information content (AvgIpc) is 1.97. The molecule has 0 saturated carbocycles. The third-order valence-electron chi connectivity index (χ3n) is 1.59. The van der Waals surface area contributed by atoms with Crippen LogP contribution in [0.5, 0.6) is 0 Å². The van der Waals surface area contributed by atoms with Crippen LogP contribution in [0.15, 0.2) is 0 Å². The standard InChI is InChI=1S/C8H17O.V/c1-2-3-4-5-6-7-8-9;/h2-8H2,1H3;/q-1;+1. The van der Waals surface area contributed by atoms with Crippen LogP contribution in [0.3, 0.4) is 0 Å². The SMILES string of the molecule is CCCCCCCC[O][V]. The van der Waals surface area contributed by atoms with Crippen molar-refractivity contribution in [3.05, 3.63) is 0 Å². The van der Waals surface area contributed by atoms with Crippen LogP contribution in [-0.4, -0.2) is 6.61 Å². The molecule has 2 heteroatoms. The van der Waals surface area contributed by atoms with Crippen molar-refractivity contribution in [3.8, 4) is 0 Å². The van der Waals surface area contributed by atoms with Crippen LogP contribution in [0.25, 0.3) is 0 Å². The molecule has 10 heavy (non-hydrogen) atoms. The van der Waals surface area contributed by atoms with E-state index in [1.54, 1.807) is 0 Å². The molecule has 0 atom stereocenters. The molecule has 0 aliphatic carbocycles. The Morgan fingerprint density at radius 2 is 1.60 bits per heavy atom. The van der Waals surface area contributed by atoms with Gasteiger partial charge >= 0.3 is 73.5 Å². The zero-order valence-electron chi connectivity index (χ0n) is 6.81. The quantitative estimate of drug-likeness (QED) is 0.547. The molecule has 0 bridgehead atoms. The van der Waals surface area contributed by atoms with Crippen molar-refractivity contribution in [1.29, 1.82) is 0 Å². The maximum atomic E-state index is 4.89. The van der Waals surface area contributed by atoms with Gasteiger partial charge in [0.25, 0.3) is 0 Å². The molecule has 0 aliphatic heterocycles. The van der Waals surface area contributed by atoms with Crippen LogP contribution in [0, 0.1) is 0 Å². The Morgan fingerprint density at radius 3 is 2.20 bits per heavy atom. The van der Waals surface area contributed by atoms with Crippen LogP contribution >= 0.6 is 0 Å². The van der Waals surface area contributed by atoms with E-state index in [1.165, 1.54) is 38.5 Å². The second-order valence-corrected chi connectivity index (χ2v) is 3.00. The number of hydrogen-bond acceptors (Lipinski definition) is 1.